The Morgan fingerprint density at radius 3 is 2.47 bits per heavy atom. The Bertz CT molecular complexity index is 1760. The Kier molecular flexibility index (Phi) is 8.99. The van der Waals surface area contributed by atoms with Crippen molar-refractivity contribution in [2.24, 2.45) is 0 Å². The summed E-state index contributed by atoms with van der Waals surface area (Å²) in [5, 5.41) is 7.72. The Morgan fingerprint density at radius 2 is 1.79 bits per heavy atom. The minimum atomic E-state index is -0.239. The van der Waals surface area contributed by atoms with Crippen LogP contribution in [0.1, 0.15) is 23.6 Å². The van der Waals surface area contributed by atoms with E-state index in [1.54, 1.807) is 36.2 Å². The van der Waals surface area contributed by atoms with Crippen molar-refractivity contribution in [3.05, 3.63) is 71.7 Å². The number of hydrogen-bond acceptors (Lipinski definition) is 9. The minimum absolute atomic E-state index is 0.0855. The van der Waals surface area contributed by atoms with Crippen LogP contribution >= 0.6 is 0 Å². The molecule has 0 radical (unpaired) electrons. The summed E-state index contributed by atoms with van der Waals surface area (Å²) in [5.41, 5.74) is 5.94. The van der Waals surface area contributed by atoms with Gasteiger partial charge in [-0.3, -0.25) is 14.4 Å². The fourth-order valence-corrected chi connectivity index (χ4v) is 6.14. The van der Waals surface area contributed by atoms with Gasteiger partial charge in [0.1, 0.15) is 5.75 Å². The van der Waals surface area contributed by atoms with Gasteiger partial charge < -0.3 is 24.8 Å². The van der Waals surface area contributed by atoms with Crippen LogP contribution in [0, 0.1) is 13.8 Å². The molecule has 0 atom stereocenters. The smallest absolute Gasteiger partial charge is 0.335 e. The van der Waals surface area contributed by atoms with Crippen LogP contribution in [-0.2, 0) is 17.9 Å². The summed E-state index contributed by atoms with van der Waals surface area (Å²) in [6.45, 7) is 10.3. The van der Waals surface area contributed by atoms with E-state index in [4.69, 9.17) is 9.72 Å². The Labute approximate surface area is 275 Å². The van der Waals surface area contributed by atoms with Gasteiger partial charge in [-0.05, 0) is 51.2 Å². The predicted molar refractivity (Wildman–Crippen MR) is 183 cm³/mol. The molecule has 4 heterocycles. The molecule has 1 fully saturated rings. The number of benzene rings is 2. The lowest BCUT2D eigenvalue weighted by atomic mass is 10.1. The SMILES string of the molecule is COc1cc(N2CCN(C(C)=O)CC2)ccc1N1C(=O)N(c2c(C)cccc2C)Cc2cnc(Nc3cnn(CCN(C)C)c3)nc21. The first-order chi connectivity index (χ1) is 22.6. The molecule has 2 aliphatic heterocycles. The first-order valence-corrected chi connectivity index (χ1v) is 15.8. The van der Waals surface area contributed by atoms with Gasteiger partial charge in [0.05, 0.1) is 43.5 Å². The minimum Gasteiger partial charge on any atom is -0.494 e. The third-order valence-corrected chi connectivity index (χ3v) is 8.67. The van der Waals surface area contributed by atoms with E-state index in [0.29, 0.717) is 55.9 Å². The fourth-order valence-electron chi connectivity index (χ4n) is 6.14. The van der Waals surface area contributed by atoms with Crippen LogP contribution in [0.5, 0.6) is 5.75 Å². The second kappa shape index (κ2) is 13.3. The van der Waals surface area contributed by atoms with Gasteiger partial charge in [0.15, 0.2) is 5.82 Å². The van der Waals surface area contributed by atoms with E-state index >= 15 is 0 Å². The molecule has 0 spiro atoms. The second-order valence-corrected chi connectivity index (χ2v) is 12.3. The Morgan fingerprint density at radius 1 is 1.04 bits per heavy atom. The number of carbonyl (C=O) groups excluding carboxylic acids is 2. The number of aryl methyl sites for hydroxylation is 2. The lowest BCUT2D eigenvalue weighted by Crippen LogP contribution is -2.48. The number of methoxy groups -OCH3 is 1. The van der Waals surface area contributed by atoms with E-state index in [1.807, 2.05) is 80.1 Å². The van der Waals surface area contributed by atoms with Crippen LogP contribution in [0.4, 0.5) is 39.3 Å². The third kappa shape index (κ3) is 6.57. The van der Waals surface area contributed by atoms with Gasteiger partial charge in [-0.1, -0.05) is 18.2 Å². The summed E-state index contributed by atoms with van der Waals surface area (Å²) in [5.74, 6) is 1.46. The summed E-state index contributed by atoms with van der Waals surface area (Å²) < 4.78 is 7.80. The maximum Gasteiger partial charge on any atom is 0.335 e. The summed E-state index contributed by atoms with van der Waals surface area (Å²) in [4.78, 5) is 45.6. The molecule has 2 aliphatic rings. The fraction of sp³-hybridized carbons (Fsp3) is 0.382. The zero-order valence-corrected chi connectivity index (χ0v) is 27.9. The number of likely N-dealkylation sites (N-methyl/N-ethyl adjacent to an activating group) is 1. The number of para-hydroxylation sites is 1. The molecule has 1 N–H and O–H groups in total. The number of piperazine rings is 1. The Balaban J connectivity index is 1.37. The Hall–Kier alpha value is -5.17. The van der Waals surface area contributed by atoms with Gasteiger partial charge in [0.25, 0.3) is 0 Å². The van der Waals surface area contributed by atoms with Gasteiger partial charge in [-0.25, -0.2) is 14.7 Å². The molecule has 0 unspecified atom stereocenters. The third-order valence-electron chi connectivity index (χ3n) is 8.67. The molecule has 3 amide bonds. The molecule has 1 saturated heterocycles. The lowest BCUT2D eigenvalue weighted by Gasteiger charge is -2.38. The zero-order chi connectivity index (χ0) is 33.2. The number of fused-ring (bicyclic) bond motifs is 1. The van der Waals surface area contributed by atoms with Crippen LogP contribution in [0.25, 0.3) is 0 Å². The van der Waals surface area contributed by atoms with E-state index in [0.717, 1.165) is 46.8 Å². The van der Waals surface area contributed by atoms with Gasteiger partial charge >= 0.3 is 6.03 Å². The van der Waals surface area contributed by atoms with Crippen molar-refractivity contribution in [2.75, 3.05) is 73.9 Å². The molecule has 4 aromatic rings. The second-order valence-electron chi connectivity index (χ2n) is 12.3. The van der Waals surface area contributed by atoms with E-state index in [-0.39, 0.29) is 11.9 Å². The maximum atomic E-state index is 14.6. The number of hydrogen-bond donors (Lipinski definition) is 1. The van der Waals surface area contributed by atoms with Crippen LogP contribution in [0.15, 0.2) is 55.0 Å². The van der Waals surface area contributed by atoms with Crippen molar-refractivity contribution in [3.63, 3.8) is 0 Å². The largest absolute Gasteiger partial charge is 0.494 e. The molecule has 13 nitrogen and oxygen atoms in total. The van der Waals surface area contributed by atoms with Gasteiger partial charge in [-0.15, -0.1) is 0 Å². The molecule has 13 heteroatoms. The van der Waals surface area contributed by atoms with Crippen molar-refractivity contribution in [3.8, 4) is 5.75 Å². The molecule has 0 bridgehead atoms. The molecule has 2 aromatic heterocycles. The number of ether oxygens (including phenoxy) is 1. The lowest BCUT2D eigenvalue weighted by molar-refractivity contribution is -0.129. The summed E-state index contributed by atoms with van der Waals surface area (Å²) in [7, 11) is 5.66. The molecule has 6 rings (SSSR count). The zero-order valence-electron chi connectivity index (χ0n) is 27.9. The molecular weight excluding hydrogens is 596 g/mol. The van der Waals surface area contributed by atoms with Gasteiger partial charge in [0.2, 0.25) is 11.9 Å². The maximum absolute atomic E-state index is 14.6. The summed E-state index contributed by atoms with van der Waals surface area (Å²) in [6, 6.07) is 11.6. The van der Waals surface area contributed by atoms with Crippen molar-refractivity contribution in [1.82, 2.24) is 29.5 Å². The first kappa shape index (κ1) is 31.8. The average Bonchev–Trinajstić information content (AvgIpc) is 3.51. The van der Waals surface area contributed by atoms with E-state index in [9.17, 15) is 9.59 Å². The molecule has 47 heavy (non-hydrogen) atoms. The monoisotopic (exact) mass is 638 g/mol. The number of rotatable bonds is 9. The number of carbonyl (C=O) groups is 2. The first-order valence-electron chi connectivity index (χ1n) is 15.8. The van der Waals surface area contributed by atoms with Gasteiger partial charge in [0, 0.05) is 69.4 Å². The van der Waals surface area contributed by atoms with Crippen molar-refractivity contribution in [1.29, 1.82) is 0 Å². The highest BCUT2D eigenvalue weighted by molar-refractivity contribution is 6.11. The summed E-state index contributed by atoms with van der Waals surface area (Å²) >= 11 is 0. The molecular formula is C34H42N10O3. The van der Waals surface area contributed by atoms with E-state index in [2.05, 4.69) is 25.2 Å². The topological polar surface area (TPSA) is 115 Å². The highest BCUT2D eigenvalue weighted by Gasteiger charge is 2.37. The number of anilines is 6. The normalized spacial score (nSPS) is 14.9. The van der Waals surface area contributed by atoms with E-state index < -0.39 is 0 Å². The van der Waals surface area contributed by atoms with Crippen molar-refractivity contribution >= 4 is 46.5 Å². The standard InChI is InChI=1S/C34H42N10O3/c1-23-8-7-9-24(2)31(23)43-21-26-19-35-33(37-27-20-36-42(22-27)17-12-39(4)5)38-32(26)44(34(43)46)29-11-10-28(18-30(29)47-6)41-15-13-40(14-16-41)25(3)45/h7-11,18-20,22H,12-17,21H2,1-6H3,(H,35,37,38). The van der Waals surface area contributed by atoms with Crippen LogP contribution in [0.3, 0.4) is 0 Å². The number of nitrogens with one attached hydrogen (secondary N) is 1. The summed E-state index contributed by atoms with van der Waals surface area (Å²) in [6.07, 6.45) is 5.43. The molecule has 246 valence electrons. The predicted octanol–water partition coefficient (Wildman–Crippen LogP) is 4.55. The van der Waals surface area contributed by atoms with Crippen LogP contribution < -0.4 is 24.8 Å². The number of nitrogens with zero attached hydrogens (tertiary/aromatic N) is 9. The highest BCUT2D eigenvalue weighted by atomic mass is 16.5. The quantitative estimate of drug-likeness (QED) is 0.282. The molecule has 2 aromatic carbocycles. The molecule has 0 saturated carbocycles. The van der Waals surface area contributed by atoms with Crippen LogP contribution in [0.2, 0.25) is 0 Å². The number of urea groups is 1. The highest BCUT2D eigenvalue weighted by Crippen LogP contribution is 2.43. The average molecular weight is 639 g/mol. The van der Waals surface area contributed by atoms with Crippen molar-refractivity contribution < 1.29 is 14.3 Å². The molecule has 0 aliphatic carbocycles. The number of amides is 3. The van der Waals surface area contributed by atoms with E-state index in [1.165, 1.54) is 0 Å². The van der Waals surface area contributed by atoms with Crippen LogP contribution in [-0.4, -0.2) is 95.4 Å². The van der Waals surface area contributed by atoms with Gasteiger partial charge in [-0.2, -0.15) is 10.1 Å². The van der Waals surface area contributed by atoms with Crippen molar-refractivity contribution in [2.45, 2.75) is 33.9 Å². The number of aromatic nitrogens is 4.